The Hall–Kier alpha value is -1.75. The zero-order valence-electron chi connectivity index (χ0n) is 11.0. The number of aromatic nitrogens is 1. The van der Waals surface area contributed by atoms with Crippen molar-refractivity contribution in [3.05, 3.63) is 39.9 Å². The van der Waals surface area contributed by atoms with Crippen molar-refractivity contribution in [2.24, 2.45) is 0 Å². The number of rotatable bonds is 3. The first-order valence-electron chi connectivity index (χ1n) is 5.76. The number of nitrogen functional groups attached to an aromatic ring is 1. The van der Waals surface area contributed by atoms with Crippen molar-refractivity contribution >= 4 is 21.6 Å². The normalized spacial score (nSPS) is 10.3. The number of hydrogen-bond donors (Lipinski definition) is 1. The fourth-order valence-electron chi connectivity index (χ4n) is 1.74. The first-order chi connectivity index (χ1) is 9.01. The SMILES string of the molecule is COc1nc(Oc2cc(C)c(Br)c(C)c2)ccc1N. The number of halogens is 1. The third kappa shape index (κ3) is 2.98. The van der Waals surface area contributed by atoms with Gasteiger partial charge in [-0.15, -0.1) is 0 Å². The number of methoxy groups -OCH3 is 1. The number of ether oxygens (including phenoxy) is 2. The fraction of sp³-hybridized carbons (Fsp3) is 0.214. The van der Waals surface area contributed by atoms with Crippen LogP contribution in [0.15, 0.2) is 28.7 Å². The lowest BCUT2D eigenvalue weighted by molar-refractivity contribution is 0.385. The van der Waals surface area contributed by atoms with Crippen molar-refractivity contribution in [1.29, 1.82) is 0 Å². The van der Waals surface area contributed by atoms with Gasteiger partial charge < -0.3 is 15.2 Å². The van der Waals surface area contributed by atoms with Gasteiger partial charge in [-0.2, -0.15) is 4.98 Å². The van der Waals surface area contributed by atoms with E-state index in [1.807, 2.05) is 26.0 Å². The fourth-order valence-corrected chi connectivity index (χ4v) is 1.97. The van der Waals surface area contributed by atoms with Crippen molar-refractivity contribution in [2.75, 3.05) is 12.8 Å². The van der Waals surface area contributed by atoms with Crippen LogP contribution >= 0.6 is 15.9 Å². The van der Waals surface area contributed by atoms with E-state index in [0.29, 0.717) is 17.4 Å². The Labute approximate surface area is 120 Å². The summed E-state index contributed by atoms with van der Waals surface area (Å²) in [5.41, 5.74) is 8.41. The van der Waals surface area contributed by atoms with Crippen molar-refractivity contribution in [2.45, 2.75) is 13.8 Å². The molecule has 0 saturated carbocycles. The molecular weight excluding hydrogens is 308 g/mol. The van der Waals surface area contributed by atoms with Crippen LogP contribution in [-0.2, 0) is 0 Å². The van der Waals surface area contributed by atoms with Crippen LogP contribution in [0.5, 0.6) is 17.5 Å². The molecule has 1 aromatic heterocycles. The molecule has 0 atom stereocenters. The number of hydrogen-bond acceptors (Lipinski definition) is 4. The van der Waals surface area contributed by atoms with Crippen LogP contribution in [0.25, 0.3) is 0 Å². The van der Waals surface area contributed by atoms with Gasteiger partial charge in [0.15, 0.2) is 0 Å². The lowest BCUT2D eigenvalue weighted by Gasteiger charge is -2.10. The maximum atomic E-state index is 5.72. The molecule has 0 aliphatic heterocycles. The van der Waals surface area contributed by atoms with Crippen LogP contribution in [0.3, 0.4) is 0 Å². The molecule has 0 fully saturated rings. The Kier molecular flexibility index (Phi) is 3.95. The topological polar surface area (TPSA) is 57.4 Å². The molecule has 0 aliphatic rings. The third-order valence-corrected chi connectivity index (χ3v) is 3.94. The minimum absolute atomic E-state index is 0.364. The monoisotopic (exact) mass is 322 g/mol. The average Bonchev–Trinajstić information content (AvgIpc) is 2.38. The Bertz CT molecular complexity index is 591. The Morgan fingerprint density at radius 2 is 1.79 bits per heavy atom. The average molecular weight is 323 g/mol. The summed E-state index contributed by atoms with van der Waals surface area (Å²) in [7, 11) is 1.52. The molecule has 2 aromatic rings. The van der Waals surface area contributed by atoms with E-state index in [0.717, 1.165) is 21.3 Å². The smallest absolute Gasteiger partial charge is 0.240 e. The first kappa shape index (κ1) is 13.7. The van der Waals surface area contributed by atoms with Crippen LogP contribution in [0.1, 0.15) is 11.1 Å². The summed E-state index contributed by atoms with van der Waals surface area (Å²) in [5, 5.41) is 0. The molecule has 0 aliphatic carbocycles. The maximum absolute atomic E-state index is 5.72. The highest BCUT2D eigenvalue weighted by atomic mass is 79.9. The van der Waals surface area contributed by atoms with E-state index in [-0.39, 0.29) is 0 Å². The van der Waals surface area contributed by atoms with Crippen molar-refractivity contribution < 1.29 is 9.47 Å². The Morgan fingerprint density at radius 3 is 2.37 bits per heavy atom. The van der Waals surface area contributed by atoms with Gasteiger partial charge in [-0.1, -0.05) is 15.9 Å². The number of pyridine rings is 1. The zero-order valence-corrected chi connectivity index (χ0v) is 12.6. The van der Waals surface area contributed by atoms with E-state index in [4.69, 9.17) is 15.2 Å². The summed E-state index contributed by atoms with van der Waals surface area (Å²) in [6.45, 7) is 4.03. The molecule has 0 saturated heterocycles. The molecule has 4 nitrogen and oxygen atoms in total. The van der Waals surface area contributed by atoms with Gasteiger partial charge in [0.1, 0.15) is 5.75 Å². The minimum Gasteiger partial charge on any atom is -0.479 e. The van der Waals surface area contributed by atoms with Crippen LogP contribution in [0.2, 0.25) is 0 Å². The van der Waals surface area contributed by atoms with E-state index < -0.39 is 0 Å². The van der Waals surface area contributed by atoms with E-state index in [9.17, 15) is 0 Å². The minimum atomic E-state index is 0.364. The predicted molar refractivity (Wildman–Crippen MR) is 78.9 cm³/mol. The summed E-state index contributed by atoms with van der Waals surface area (Å²) in [4.78, 5) is 4.19. The number of benzene rings is 1. The van der Waals surface area contributed by atoms with Crippen LogP contribution in [-0.4, -0.2) is 12.1 Å². The highest BCUT2D eigenvalue weighted by molar-refractivity contribution is 9.10. The maximum Gasteiger partial charge on any atom is 0.240 e. The molecule has 0 amide bonds. The Balaban J connectivity index is 2.31. The zero-order chi connectivity index (χ0) is 14.0. The summed E-state index contributed by atoms with van der Waals surface area (Å²) < 4.78 is 11.9. The standard InChI is InChI=1S/C14H15BrN2O2/c1-8-6-10(7-9(2)13(8)15)19-12-5-4-11(16)14(17-12)18-3/h4-7H,16H2,1-3H3. The van der Waals surface area contributed by atoms with Gasteiger partial charge in [0.2, 0.25) is 11.8 Å². The van der Waals surface area contributed by atoms with Crippen LogP contribution < -0.4 is 15.2 Å². The molecule has 100 valence electrons. The van der Waals surface area contributed by atoms with Gasteiger partial charge in [0.05, 0.1) is 12.8 Å². The molecule has 2 N–H and O–H groups in total. The summed E-state index contributed by atoms with van der Waals surface area (Å²) in [6, 6.07) is 7.31. The molecule has 2 rings (SSSR count). The lowest BCUT2D eigenvalue weighted by atomic mass is 10.1. The van der Waals surface area contributed by atoms with Gasteiger partial charge in [-0.3, -0.25) is 0 Å². The number of aryl methyl sites for hydroxylation is 2. The highest BCUT2D eigenvalue weighted by Gasteiger charge is 2.07. The largest absolute Gasteiger partial charge is 0.479 e. The molecule has 0 unspecified atom stereocenters. The van der Waals surface area contributed by atoms with Crippen LogP contribution in [0.4, 0.5) is 5.69 Å². The third-order valence-electron chi connectivity index (χ3n) is 2.69. The van der Waals surface area contributed by atoms with Crippen molar-refractivity contribution in [1.82, 2.24) is 4.98 Å². The van der Waals surface area contributed by atoms with Crippen molar-refractivity contribution in [3.8, 4) is 17.5 Å². The summed E-state index contributed by atoms with van der Waals surface area (Å²) >= 11 is 3.52. The van der Waals surface area contributed by atoms with E-state index in [1.54, 1.807) is 12.1 Å². The van der Waals surface area contributed by atoms with Crippen molar-refractivity contribution in [3.63, 3.8) is 0 Å². The second kappa shape index (κ2) is 5.48. The first-order valence-corrected chi connectivity index (χ1v) is 6.55. The van der Waals surface area contributed by atoms with Gasteiger partial charge in [0, 0.05) is 10.5 Å². The number of nitrogens with two attached hydrogens (primary N) is 1. The molecular formula is C14H15BrN2O2. The van der Waals surface area contributed by atoms with E-state index in [1.165, 1.54) is 7.11 Å². The lowest BCUT2D eigenvalue weighted by Crippen LogP contribution is -1.97. The van der Waals surface area contributed by atoms with Crippen LogP contribution in [0, 0.1) is 13.8 Å². The second-order valence-corrected chi connectivity index (χ2v) is 5.01. The number of anilines is 1. The molecule has 5 heteroatoms. The molecule has 1 aromatic carbocycles. The Morgan fingerprint density at radius 1 is 1.16 bits per heavy atom. The van der Waals surface area contributed by atoms with Gasteiger partial charge >= 0.3 is 0 Å². The van der Waals surface area contributed by atoms with Gasteiger partial charge in [0.25, 0.3) is 0 Å². The number of nitrogens with zero attached hydrogens (tertiary/aromatic N) is 1. The predicted octanol–water partition coefficient (Wildman–Crippen LogP) is 3.84. The summed E-state index contributed by atoms with van der Waals surface area (Å²) in [5.74, 6) is 1.55. The molecule has 19 heavy (non-hydrogen) atoms. The van der Waals surface area contributed by atoms with E-state index >= 15 is 0 Å². The molecule has 0 spiro atoms. The quantitative estimate of drug-likeness (QED) is 0.932. The highest BCUT2D eigenvalue weighted by Crippen LogP contribution is 2.30. The van der Waals surface area contributed by atoms with E-state index in [2.05, 4.69) is 20.9 Å². The molecule has 1 heterocycles. The second-order valence-electron chi connectivity index (χ2n) is 4.22. The molecule has 0 radical (unpaired) electrons. The van der Waals surface area contributed by atoms with Gasteiger partial charge in [-0.05, 0) is 43.2 Å². The molecule has 0 bridgehead atoms. The summed E-state index contributed by atoms with van der Waals surface area (Å²) in [6.07, 6.45) is 0. The van der Waals surface area contributed by atoms with Gasteiger partial charge in [-0.25, -0.2) is 0 Å².